The molecule has 0 unspecified atom stereocenters. The highest BCUT2D eigenvalue weighted by atomic mass is 32.2. The van der Waals surface area contributed by atoms with E-state index in [1.807, 2.05) is 0 Å². The Labute approximate surface area is 145 Å². The summed E-state index contributed by atoms with van der Waals surface area (Å²) >= 11 is 0. The number of carbonyl (C=O) groups excluding carboxylic acids is 1. The fourth-order valence-electron chi connectivity index (χ4n) is 2.89. The molecule has 25 heavy (non-hydrogen) atoms. The van der Waals surface area contributed by atoms with Gasteiger partial charge in [0.1, 0.15) is 6.54 Å². The summed E-state index contributed by atoms with van der Waals surface area (Å²) in [5.74, 6) is -0.337. The molecule has 0 radical (unpaired) electrons. The molecule has 7 nitrogen and oxygen atoms in total. The Morgan fingerprint density at radius 3 is 2.48 bits per heavy atom. The van der Waals surface area contributed by atoms with Gasteiger partial charge in [-0.3, -0.25) is 9.59 Å². The van der Waals surface area contributed by atoms with Crippen LogP contribution in [0.1, 0.15) is 25.7 Å². The van der Waals surface area contributed by atoms with E-state index in [0.29, 0.717) is 0 Å². The fourth-order valence-corrected chi connectivity index (χ4v) is 4.10. The van der Waals surface area contributed by atoms with E-state index in [4.69, 9.17) is 0 Å². The van der Waals surface area contributed by atoms with Gasteiger partial charge in [-0.1, -0.05) is 31.0 Å². The summed E-state index contributed by atoms with van der Waals surface area (Å²) in [5, 5.41) is 6.49. The van der Waals surface area contributed by atoms with Crippen molar-refractivity contribution < 1.29 is 13.2 Å². The largest absolute Gasteiger partial charge is 0.352 e. The van der Waals surface area contributed by atoms with Crippen molar-refractivity contribution in [2.45, 2.75) is 48.2 Å². The van der Waals surface area contributed by atoms with Crippen molar-refractivity contribution in [3.63, 3.8) is 0 Å². The first-order valence-electron chi connectivity index (χ1n) is 8.14. The van der Waals surface area contributed by atoms with E-state index in [0.717, 1.165) is 42.5 Å². The van der Waals surface area contributed by atoms with Gasteiger partial charge in [-0.2, -0.15) is 5.10 Å². The normalized spacial score (nSPS) is 15.2. The van der Waals surface area contributed by atoms with Crippen LogP contribution in [0.2, 0.25) is 0 Å². The second-order valence-electron chi connectivity index (χ2n) is 6.03. The van der Waals surface area contributed by atoms with Crippen LogP contribution in [0.5, 0.6) is 0 Å². The summed E-state index contributed by atoms with van der Waals surface area (Å²) in [6.07, 6.45) is 4.01. The van der Waals surface area contributed by atoms with E-state index in [-0.39, 0.29) is 28.4 Å². The number of nitrogens with zero attached hydrogens (tertiary/aromatic N) is 2. The number of aromatic nitrogens is 2. The number of hydrogen-bond donors (Lipinski definition) is 1. The van der Waals surface area contributed by atoms with Crippen LogP contribution < -0.4 is 10.9 Å². The zero-order valence-electron chi connectivity index (χ0n) is 13.6. The van der Waals surface area contributed by atoms with E-state index in [1.54, 1.807) is 18.2 Å². The van der Waals surface area contributed by atoms with Crippen LogP contribution in [0.3, 0.4) is 0 Å². The molecule has 0 aliphatic heterocycles. The number of hydrogen-bond acceptors (Lipinski definition) is 5. The molecule has 1 heterocycles. The van der Waals surface area contributed by atoms with Crippen molar-refractivity contribution in [2.75, 3.05) is 0 Å². The molecule has 2 aromatic rings. The van der Waals surface area contributed by atoms with Gasteiger partial charge in [0.25, 0.3) is 5.56 Å². The average Bonchev–Trinajstić information content (AvgIpc) is 3.10. The topological polar surface area (TPSA) is 98.1 Å². The number of nitrogens with one attached hydrogen (secondary N) is 1. The lowest BCUT2D eigenvalue weighted by Gasteiger charge is -2.12. The van der Waals surface area contributed by atoms with Crippen LogP contribution in [-0.4, -0.2) is 30.1 Å². The molecule has 1 aliphatic rings. The lowest BCUT2D eigenvalue weighted by atomic mass is 10.2. The second kappa shape index (κ2) is 7.18. The molecular formula is C17H19N3O4S. The van der Waals surface area contributed by atoms with E-state index in [9.17, 15) is 18.0 Å². The summed E-state index contributed by atoms with van der Waals surface area (Å²) in [5.41, 5.74) is -0.520. The third-order valence-corrected chi connectivity index (χ3v) is 5.85. The van der Waals surface area contributed by atoms with Crippen LogP contribution >= 0.6 is 0 Å². The molecule has 0 atom stereocenters. The van der Waals surface area contributed by atoms with Gasteiger partial charge in [0.15, 0.2) is 5.03 Å². The number of rotatable bonds is 5. The van der Waals surface area contributed by atoms with Gasteiger partial charge in [-0.25, -0.2) is 13.1 Å². The van der Waals surface area contributed by atoms with Crippen molar-refractivity contribution in [1.82, 2.24) is 15.1 Å². The molecule has 1 aliphatic carbocycles. The molecule has 0 saturated heterocycles. The summed E-state index contributed by atoms with van der Waals surface area (Å²) < 4.78 is 26.1. The molecular weight excluding hydrogens is 342 g/mol. The lowest BCUT2D eigenvalue weighted by molar-refractivity contribution is -0.122. The van der Waals surface area contributed by atoms with Crippen molar-refractivity contribution in [1.29, 1.82) is 0 Å². The van der Waals surface area contributed by atoms with E-state index >= 15 is 0 Å². The number of amides is 1. The van der Waals surface area contributed by atoms with Gasteiger partial charge in [0.05, 0.1) is 4.90 Å². The molecule has 0 bridgehead atoms. The maximum absolute atomic E-state index is 12.6. The summed E-state index contributed by atoms with van der Waals surface area (Å²) in [6, 6.07) is 10.2. The summed E-state index contributed by atoms with van der Waals surface area (Å²) in [7, 11) is -3.84. The first-order chi connectivity index (χ1) is 12.0. The molecule has 1 saturated carbocycles. The zero-order chi connectivity index (χ0) is 17.9. The van der Waals surface area contributed by atoms with Gasteiger partial charge in [-0.15, -0.1) is 0 Å². The van der Waals surface area contributed by atoms with Crippen molar-refractivity contribution in [3.05, 3.63) is 52.8 Å². The second-order valence-corrected chi connectivity index (χ2v) is 7.93. The van der Waals surface area contributed by atoms with Crippen LogP contribution in [0.15, 0.2) is 57.2 Å². The van der Waals surface area contributed by atoms with E-state index in [1.165, 1.54) is 12.1 Å². The van der Waals surface area contributed by atoms with E-state index in [2.05, 4.69) is 10.4 Å². The number of sulfone groups is 1. The molecule has 3 rings (SSSR count). The highest BCUT2D eigenvalue weighted by molar-refractivity contribution is 7.91. The van der Waals surface area contributed by atoms with Gasteiger partial charge in [0, 0.05) is 12.1 Å². The summed E-state index contributed by atoms with van der Waals surface area (Å²) in [6.45, 7) is -0.298. The van der Waals surface area contributed by atoms with Crippen molar-refractivity contribution >= 4 is 15.7 Å². The third kappa shape index (κ3) is 3.96. The highest BCUT2D eigenvalue weighted by Gasteiger charge is 2.21. The molecule has 8 heteroatoms. The van der Waals surface area contributed by atoms with Crippen LogP contribution in [-0.2, 0) is 21.2 Å². The highest BCUT2D eigenvalue weighted by Crippen LogP contribution is 2.18. The third-order valence-electron chi connectivity index (χ3n) is 4.18. The Bertz CT molecular complexity index is 916. The average molecular weight is 361 g/mol. The van der Waals surface area contributed by atoms with Crippen molar-refractivity contribution in [2.24, 2.45) is 0 Å². The van der Waals surface area contributed by atoms with Gasteiger partial charge in [-0.05, 0) is 31.0 Å². The zero-order valence-corrected chi connectivity index (χ0v) is 14.4. The maximum Gasteiger partial charge on any atom is 0.267 e. The van der Waals surface area contributed by atoms with Gasteiger partial charge >= 0.3 is 0 Å². The minimum absolute atomic E-state index is 0.0862. The lowest BCUT2D eigenvalue weighted by Crippen LogP contribution is -2.38. The molecule has 1 amide bonds. The Kier molecular flexibility index (Phi) is 4.98. The smallest absolute Gasteiger partial charge is 0.267 e. The monoisotopic (exact) mass is 361 g/mol. The molecule has 0 spiro atoms. The Morgan fingerprint density at radius 2 is 1.80 bits per heavy atom. The molecule has 132 valence electrons. The first kappa shape index (κ1) is 17.3. The number of carbonyl (C=O) groups is 1. The standard InChI is InChI=1S/C17H19N3O4S/c21-15(18-13-6-4-5-7-13)12-20-17(22)11-10-16(19-20)25(23,24)14-8-2-1-3-9-14/h1-3,8-11,13H,4-7,12H2,(H,18,21). The van der Waals surface area contributed by atoms with Crippen LogP contribution in [0.4, 0.5) is 0 Å². The Hall–Kier alpha value is -2.48. The van der Waals surface area contributed by atoms with Crippen LogP contribution in [0, 0.1) is 0 Å². The first-order valence-corrected chi connectivity index (χ1v) is 9.63. The molecule has 1 N–H and O–H groups in total. The number of benzene rings is 1. The quantitative estimate of drug-likeness (QED) is 0.861. The minimum atomic E-state index is -3.84. The molecule has 1 aromatic carbocycles. The van der Waals surface area contributed by atoms with E-state index < -0.39 is 15.4 Å². The molecule has 1 fully saturated rings. The van der Waals surface area contributed by atoms with Crippen molar-refractivity contribution in [3.8, 4) is 0 Å². The Balaban J connectivity index is 1.83. The predicted molar refractivity (Wildman–Crippen MR) is 90.8 cm³/mol. The molecule has 1 aromatic heterocycles. The van der Waals surface area contributed by atoms with Gasteiger partial charge < -0.3 is 5.32 Å². The summed E-state index contributed by atoms with van der Waals surface area (Å²) in [4.78, 5) is 24.1. The minimum Gasteiger partial charge on any atom is -0.352 e. The SMILES string of the molecule is O=C(Cn1nc(S(=O)(=O)c2ccccc2)ccc1=O)NC1CCCC1. The van der Waals surface area contributed by atoms with Gasteiger partial charge in [0.2, 0.25) is 15.7 Å². The maximum atomic E-state index is 12.6. The fraction of sp³-hybridized carbons (Fsp3) is 0.353. The predicted octanol–water partition coefficient (Wildman–Crippen LogP) is 1.13. The Morgan fingerprint density at radius 1 is 1.12 bits per heavy atom. The van der Waals surface area contributed by atoms with Crippen LogP contribution in [0.25, 0.3) is 0 Å².